The molecule has 0 radical (unpaired) electrons. The molecule has 96 valence electrons. The topological polar surface area (TPSA) is 44.1 Å². The first kappa shape index (κ1) is 13.7. The largest absolute Gasteiger partial charge is 0.466 e. The Balaban J connectivity index is 2.42. The lowest BCUT2D eigenvalue weighted by molar-refractivity contribution is -0.143. The second kappa shape index (κ2) is 6.42. The van der Waals surface area contributed by atoms with E-state index >= 15 is 0 Å². The fraction of sp³-hybridized carbons (Fsp3) is 0.692. The second-order valence-electron chi connectivity index (χ2n) is 4.35. The molecule has 4 nitrogen and oxygen atoms in total. The van der Waals surface area contributed by atoms with E-state index in [1.54, 1.807) is 0 Å². The predicted molar refractivity (Wildman–Crippen MR) is 66.9 cm³/mol. The monoisotopic (exact) mass is 238 g/mol. The van der Waals surface area contributed by atoms with Crippen LogP contribution in [0.15, 0.2) is 0 Å². The highest BCUT2D eigenvalue weighted by Crippen LogP contribution is 2.14. The van der Waals surface area contributed by atoms with Gasteiger partial charge >= 0.3 is 5.97 Å². The maximum atomic E-state index is 11.5. The van der Waals surface area contributed by atoms with E-state index in [4.69, 9.17) is 4.74 Å². The Morgan fingerprint density at radius 2 is 2.12 bits per heavy atom. The Morgan fingerprint density at radius 1 is 1.41 bits per heavy atom. The molecule has 0 bridgehead atoms. The van der Waals surface area contributed by atoms with Crippen molar-refractivity contribution < 1.29 is 9.53 Å². The number of carbonyl (C=O) groups is 1. The van der Waals surface area contributed by atoms with Crippen molar-refractivity contribution in [2.24, 2.45) is 7.05 Å². The summed E-state index contributed by atoms with van der Waals surface area (Å²) in [6, 6.07) is 0. The van der Waals surface area contributed by atoms with E-state index in [2.05, 4.69) is 12.0 Å². The molecule has 0 saturated carbocycles. The van der Waals surface area contributed by atoms with Crippen molar-refractivity contribution in [2.75, 3.05) is 6.61 Å². The summed E-state index contributed by atoms with van der Waals surface area (Å²) < 4.78 is 6.98. The molecule has 0 aromatic carbocycles. The predicted octanol–water partition coefficient (Wildman–Crippen LogP) is 2.31. The average molecular weight is 238 g/mol. The third-order valence-corrected chi connectivity index (χ3v) is 3.00. The van der Waals surface area contributed by atoms with Gasteiger partial charge in [-0.2, -0.15) is 5.10 Å². The van der Waals surface area contributed by atoms with E-state index in [-0.39, 0.29) is 5.97 Å². The van der Waals surface area contributed by atoms with Gasteiger partial charge < -0.3 is 4.74 Å². The van der Waals surface area contributed by atoms with Gasteiger partial charge in [0.2, 0.25) is 0 Å². The van der Waals surface area contributed by atoms with Crippen molar-refractivity contribution in [3.63, 3.8) is 0 Å². The van der Waals surface area contributed by atoms with E-state index in [9.17, 15) is 4.79 Å². The van der Waals surface area contributed by atoms with Gasteiger partial charge in [-0.05, 0) is 32.3 Å². The Kier molecular flexibility index (Phi) is 5.19. The van der Waals surface area contributed by atoms with Crippen LogP contribution in [-0.2, 0) is 23.0 Å². The zero-order valence-electron chi connectivity index (χ0n) is 11.2. The van der Waals surface area contributed by atoms with Gasteiger partial charge in [0.05, 0.1) is 12.3 Å². The van der Waals surface area contributed by atoms with Crippen LogP contribution < -0.4 is 0 Å². The van der Waals surface area contributed by atoms with E-state index in [0.29, 0.717) is 13.0 Å². The molecule has 0 unspecified atom stereocenters. The molecular formula is C13H22N2O2. The number of unbranched alkanes of at least 4 members (excludes halogenated alkanes) is 1. The number of ether oxygens (including phenoxy) is 1. The lowest BCUT2D eigenvalue weighted by atomic mass is 10.1. The molecule has 0 spiro atoms. The molecule has 0 saturated heterocycles. The van der Waals surface area contributed by atoms with Gasteiger partial charge in [0, 0.05) is 19.2 Å². The number of carbonyl (C=O) groups excluding carboxylic acids is 1. The summed E-state index contributed by atoms with van der Waals surface area (Å²) in [6.07, 6.45) is 3.15. The molecule has 0 N–H and O–H groups in total. The van der Waals surface area contributed by atoms with Gasteiger partial charge in [-0.15, -0.1) is 0 Å². The van der Waals surface area contributed by atoms with Crippen molar-refractivity contribution in [3.8, 4) is 0 Å². The zero-order valence-corrected chi connectivity index (χ0v) is 11.2. The standard InChI is InChI=1S/C13H22N2O2/c1-5-6-9-17-13(16)8-7-12-10(2)14-15(4)11(12)3/h5-9H2,1-4H3. The molecule has 1 heterocycles. The highest BCUT2D eigenvalue weighted by molar-refractivity contribution is 5.69. The van der Waals surface area contributed by atoms with Crippen LogP contribution in [0.4, 0.5) is 0 Å². The van der Waals surface area contributed by atoms with Crippen LogP contribution in [0.5, 0.6) is 0 Å². The Morgan fingerprint density at radius 3 is 2.65 bits per heavy atom. The quantitative estimate of drug-likeness (QED) is 0.564. The van der Waals surface area contributed by atoms with Crippen molar-refractivity contribution >= 4 is 5.97 Å². The maximum absolute atomic E-state index is 11.5. The van der Waals surface area contributed by atoms with Crippen LogP contribution in [-0.4, -0.2) is 22.4 Å². The maximum Gasteiger partial charge on any atom is 0.306 e. The fourth-order valence-corrected chi connectivity index (χ4v) is 1.81. The third kappa shape index (κ3) is 3.88. The Bertz CT molecular complexity index is 383. The van der Waals surface area contributed by atoms with E-state index < -0.39 is 0 Å². The minimum atomic E-state index is -0.110. The lowest BCUT2D eigenvalue weighted by Crippen LogP contribution is -2.07. The minimum Gasteiger partial charge on any atom is -0.466 e. The second-order valence-corrected chi connectivity index (χ2v) is 4.35. The summed E-state index contributed by atoms with van der Waals surface area (Å²) >= 11 is 0. The lowest BCUT2D eigenvalue weighted by Gasteiger charge is -2.04. The molecule has 1 aromatic heterocycles. The van der Waals surface area contributed by atoms with Crippen LogP contribution in [0.3, 0.4) is 0 Å². The molecule has 17 heavy (non-hydrogen) atoms. The van der Waals surface area contributed by atoms with Crippen molar-refractivity contribution in [1.82, 2.24) is 9.78 Å². The van der Waals surface area contributed by atoms with Crippen LogP contribution in [0.1, 0.15) is 43.1 Å². The number of nitrogens with zero attached hydrogens (tertiary/aromatic N) is 2. The number of rotatable bonds is 6. The van der Waals surface area contributed by atoms with Crippen molar-refractivity contribution in [1.29, 1.82) is 0 Å². The van der Waals surface area contributed by atoms with Crippen molar-refractivity contribution in [3.05, 3.63) is 17.0 Å². The Labute approximate surface area is 103 Å². The highest BCUT2D eigenvalue weighted by atomic mass is 16.5. The summed E-state index contributed by atoms with van der Waals surface area (Å²) in [5.74, 6) is -0.110. The summed E-state index contributed by atoms with van der Waals surface area (Å²) in [7, 11) is 1.92. The normalized spacial score (nSPS) is 10.6. The molecule has 0 fully saturated rings. The summed E-state index contributed by atoms with van der Waals surface area (Å²) in [5, 5.41) is 4.33. The van der Waals surface area contributed by atoms with Crippen LogP contribution >= 0.6 is 0 Å². The van der Waals surface area contributed by atoms with Gasteiger partial charge in [0.25, 0.3) is 0 Å². The number of aryl methyl sites for hydroxylation is 2. The molecule has 0 amide bonds. The number of hydrogen-bond donors (Lipinski definition) is 0. The van der Waals surface area contributed by atoms with Gasteiger partial charge in [-0.1, -0.05) is 13.3 Å². The first-order valence-electron chi connectivity index (χ1n) is 6.21. The van der Waals surface area contributed by atoms with Crippen LogP contribution in [0.25, 0.3) is 0 Å². The molecule has 4 heteroatoms. The summed E-state index contributed by atoms with van der Waals surface area (Å²) in [5.41, 5.74) is 3.30. The van der Waals surface area contributed by atoms with E-state index in [0.717, 1.165) is 30.7 Å². The van der Waals surface area contributed by atoms with Gasteiger partial charge in [-0.3, -0.25) is 9.48 Å². The highest BCUT2D eigenvalue weighted by Gasteiger charge is 2.11. The number of esters is 1. The van der Waals surface area contributed by atoms with E-state index in [1.807, 2.05) is 25.6 Å². The van der Waals surface area contributed by atoms with Crippen LogP contribution in [0, 0.1) is 13.8 Å². The van der Waals surface area contributed by atoms with Crippen LogP contribution in [0.2, 0.25) is 0 Å². The fourth-order valence-electron chi connectivity index (χ4n) is 1.81. The first-order chi connectivity index (χ1) is 8.06. The van der Waals surface area contributed by atoms with Gasteiger partial charge in [0.15, 0.2) is 0 Å². The molecule has 1 rings (SSSR count). The van der Waals surface area contributed by atoms with Gasteiger partial charge in [-0.25, -0.2) is 0 Å². The Hall–Kier alpha value is -1.32. The number of aromatic nitrogens is 2. The average Bonchev–Trinajstić information content (AvgIpc) is 2.51. The first-order valence-corrected chi connectivity index (χ1v) is 6.21. The van der Waals surface area contributed by atoms with Crippen molar-refractivity contribution in [2.45, 2.75) is 46.5 Å². The van der Waals surface area contributed by atoms with E-state index in [1.165, 1.54) is 5.56 Å². The molecule has 0 aliphatic rings. The zero-order chi connectivity index (χ0) is 12.8. The van der Waals surface area contributed by atoms with Gasteiger partial charge in [0.1, 0.15) is 0 Å². The number of hydrogen-bond acceptors (Lipinski definition) is 3. The third-order valence-electron chi connectivity index (χ3n) is 3.00. The molecule has 1 aromatic rings. The summed E-state index contributed by atoms with van der Waals surface area (Å²) in [6.45, 7) is 6.62. The smallest absolute Gasteiger partial charge is 0.306 e. The molecule has 0 atom stereocenters. The summed E-state index contributed by atoms with van der Waals surface area (Å²) in [4.78, 5) is 11.5. The minimum absolute atomic E-state index is 0.110. The SMILES string of the molecule is CCCCOC(=O)CCc1c(C)nn(C)c1C. The molecule has 0 aliphatic carbocycles. The molecule has 0 aliphatic heterocycles. The molecular weight excluding hydrogens is 216 g/mol.